The van der Waals surface area contributed by atoms with E-state index in [2.05, 4.69) is 57.9 Å². The monoisotopic (exact) mass is 505 g/mol. The highest BCUT2D eigenvalue weighted by molar-refractivity contribution is 9.10. The van der Waals surface area contributed by atoms with Crippen LogP contribution in [0, 0.1) is 13.8 Å². The molecule has 1 amide bonds. The van der Waals surface area contributed by atoms with Gasteiger partial charge in [0.2, 0.25) is 0 Å². The zero-order chi connectivity index (χ0) is 23.2. The lowest BCUT2D eigenvalue weighted by Gasteiger charge is -2.12. The molecule has 0 radical (unpaired) electrons. The summed E-state index contributed by atoms with van der Waals surface area (Å²) in [5, 5.41) is 3.01. The van der Waals surface area contributed by atoms with Gasteiger partial charge in [0.1, 0.15) is 11.6 Å². The second-order valence-corrected chi connectivity index (χ2v) is 9.10. The molecule has 170 valence electrons. The Bertz CT molecular complexity index is 1250. The van der Waals surface area contributed by atoms with Gasteiger partial charge in [-0.1, -0.05) is 45.8 Å². The predicted octanol–water partition coefficient (Wildman–Crippen LogP) is 6.20. The number of nitrogens with one attached hydrogen (secondary N) is 1. The van der Waals surface area contributed by atoms with Crippen molar-refractivity contribution in [3.8, 4) is 5.75 Å². The number of amides is 1. The van der Waals surface area contributed by atoms with Gasteiger partial charge in [0, 0.05) is 16.6 Å². The molecule has 3 aromatic carbocycles. The van der Waals surface area contributed by atoms with Crippen molar-refractivity contribution >= 4 is 32.9 Å². The lowest BCUT2D eigenvalue weighted by Crippen LogP contribution is -2.24. The van der Waals surface area contributed by atoms with E-state index in [0.29, 0.717) is 18.7 Å². The molecule has 0 aliphatic carbocycles. The third-order valence-electron chi connectivity index (χ3n) is 5.61. The largest absolute Gasteiger partial charge is 0.493 e. The fourth-order valence-corrected chi connectivity index (χ4v) is 4.15. The Labute approximate surface area is 202 Å². The molecular weight excluding hydrogens is 478 g/mol. The summed E-state index contributed by atoms with van der Waals surface area (Å²) in [7, 11) is 0. The number of aryl methyl sites for hydroxylation is 3. The first-order valence-corrected chi connectivity index (χ1v) is 12.0. The van der Waals surface area contributed by atoms with Crippen molar-refractivity contribution in [1.82, 2.24) is 14.9 Å². The highest BCUT2D eigenvalue weighted by atomic mass is 79.9. The molecule has 0 bridgehead atoms. The van der Waals surface area contributed by atoms with E-state index >= 15 is 0 Å². The lowest BCUT2D eigenvalue weighted by molar-refractivity contribution is 0.0949. The van der Waals surface area contributed by atoms with Gasteiger partial charge in [-0.15, -0.1) is 0 Å². The molecule has 0 saturated heterocycles. The number of ether oxygens (including phenoxy) is 1. The summed E-state index contributed by atoms with van der Waals surface area (Å²) in [5.41, 5.74) is 5.06. The number of para-hydroxylation sites is 2. The van der Waals surface area contributed by atoms with E-state index in [9.17, 15) is 4.79 Å². The van der Waals surface area contributed by atoms with Crippen molar-refractivity contribution < 1.29 is 9.53 Å². The number of unbranched alkanes of at least 4 members (excludes halogenated alkanes) is 1. The van der Waals surface area contributed by atoms with E-state index in [1.54, 1.807) is 12.1 Å². The number of benzene rings is 3. The molecule has 1 heterocycles. The first-order chi connectivity index (χ1) is 16.0. The molecule has 1 N–H and O–H groups in total. The predicted molar refractivity (Wildman–Crippen MR) is 136 cm³/mol. The smallest absolute Gasteiger partial charge is 0.251 e. The number of halogens is 1. The summed E-state index contributed by atoms with van der Waals surface area (Å²) < 4.78 is 9.13. The van der Waals surface area contributed by atoms with Crippen LogP contribution in [0.25, 0.3) is 11.0 Å². The van der Waals surface area contributed by atoms with Crippen LogP contribution in [0.1, 0.15) is 40.2 Å². The molecule has 0 atom stereocenters. The summed E-state index contributed by atoms with van der Waals surface area (Å²) in [6.45, 7) is 6.04. The Hall–Kier alpha value is -3.12. The van der Waals surface area contributed by atoms with Crippen LogP contribution in [0.3, 0.4) is 0 Å². The maximum absolute atomic E-state index is 12.6. The first kappa shape index (κ1) is 23.1. The zero-order valence-electron chi connectivity index (χ0n) is 19.0. The highest BCUT2D eigenvalue weighted by Crippen LogP contribution is 2.20. The van der Waals surface area contributed by atoms with Gasteiger partial charge >= 0.3 is 0 Å². The minimum absolute atomic E-state index is 0.108. The quantitative estimate of drug-likeness (QED) is 0.275. The third kappa shape index (κ3) is 5.82. The normalized spacial score (nSPS) is 11.0. The number of hydrogen-bond donors (Lipinski definition) is 1. The van der Waals surface area contributed by atoms with Gasteiger partial charge in [0.05, 0.1) is 24.2 Å². The van der Waals surface area contributed by atoms with E-state index in [1.807, 2.05) is 36.4 Å². The summed E-state index contributed by atoms with van der Waals surface area (Å²) in [5.74, 6) is 1.70. The van der Waals surface area contributed by atoms with Crippen LogP contribution in [0.2, 0.25) is 0 Å². The molecular formula is C27H28BrN3O2. The number of carbonyl (C=O) groups is 1. The van der Waals surface area contributed by atoms with Gasteiger partial charge in [0.25, 0.3) is 5.91 Å². The van der Waals surface area contributed by atoms with Crippen molar-refractivity contribution in [2.24, 2.45) is 0 Å². The Morgan fingerprint density at radius 1 is 1.03 bits per heavy atom. The standard InChI is InChI=1S/C27H28BrN3O2/c1-19-9-14-25(20(2)17-19)33-16-6-5-15-31-24-8-4-3-7-23(24)30-26(31)18-29-27(32)21-10-12-22(28)13-11-21/h3-4,7-14,17H,5-6,15-16,18H2,1-2H3,(H,29,32). The molecule has 0 spiro atoms. The van der Waals surface area contributed by atoms with E-state index < -0.39 is 0 Å². The van der Waals surface area contributed by atoms with Crippen molar-refractivity contribution in [2.45, 2.75) is 39.8 Å². The fourth-order valence-electron chi connectivity index (χ4n) is 3.89. The molecule has 0 saturated carbocycles. The van der Waals surface area contributed by atoms with Crippen LogP contribution in [-0.4, -0.2) is 22.1 Å². The molecule has 5 nitrogen and oxygen atoms in total. The molecule has 0 fully saturated rings. The maximum Gasteiger partial charge on any atom is 0.251 e. The second kappa shape index (κ2) is 10.7. The van der Waals surface area contributed by atoms with Crippen molar-refractivity contribution in [2.75, 3.05) is 6.61 Å². The second-order valence-electron chi connectivity index (χ2n) is 8.18. The minimum Gasteiger partial charge on any atom is -0.493 e. The van der Waals surface area contributed by atoms with Crippen LogP contribution in [-0.2, 0) is 13.1 Å². The van der Waals surface area contributed by atoms with Crippen LogP contribution in [0.4, 0.5) is 0 Å². The van der Waals surface area contributed by atoms with Crippen molar-refractivity contribution in [3.63, 3.8) is 0 Å². The molecule has 4 rings (SSSR count). The Kier molecular flexibility index (Phi) is 7.45. The number of fused-ring (bicyclic) bond motifs is 1. The minimum atomic E-state index is -0.108. The van der Waals surface area contributed by atoms with E-state index in [4.69, 9.17) is 9.72 Å². The Morgan fingerprint density at radius 2 is 1.82 bits per heavy atom. The van der Waals surface area contributed by atoms with Crippen molar-refractivity contribution in [1.29, 1.82) is 0 Å². The van der Waals surface area contributed by atoms with E-state index in [-0.39, 0.29) is 5.91 Å². The lowest BCUT2D eigenvalue weighted by atomic mass is 10.1. The van der Waals surface area contributed by atoms with Gasteiger partial charge in [-0.3, -0.25) is 4.79 Å². The number of hydrogen-bond acceptors (Lipinski definition) is 3. The number of aromatic nitrogens is 2. The number of carbonyl (C=O) groups excluding carboxylic acids is 1. The van der Waals surface area contributed by atoms with Gasteiger partial charge in [-0.05, 0) is 74.7 Å². The molecule has 33 heavy (non-hydrogen) atoms. The van der Waals surface area contributed by atoms with E-state index in [0.717, 1.165) is 46.5 Å². The Balaban J connectivity index is 1.37. The zero-order valence-corrected chi connectivity index (χ0v) is 20.6. The van der Waals surface area contributed by atoms with Crippen LogP contribution >= 0.6 is 15.9 Å². The number of nitrogens with zero attached hydrogens (tertiary/aromatic N) is 2. The van der Waals surface area contributed by atoms with E-state index in [1.165, 1.54) is 11.1 Å². The summed E-state index contributed by atoms with van der Waals surface area (Å²) >= 11 is 3.40. The highest BCUT2D eigenvalue weighted by Gasteiger charge is 2.12. The van der Waals surface area contributed by atoms with Crippen LogP contribution in [0.5, 0.6) is 5.75 Å². The molecule has 0 aliphatic rings. The van der Waals surface area contributed by atoms with Crippen LogP contribution < -0.4 is 10.1 Å². The van der Waals surface area contributed by atoms with Crippen molar-refractivity contribution in [3.05, 3.63) is 93.7 Å². The molecule has 0 aliphatic heterocycles. The van der Waals surface area contributed by atoms with Crippen LogP contribution in [0.15, 0.2) is 71.2 Å². The molecule has 1 aromatic heterocycles. The SMILES string of the molecule is Cc1ccc(OCCCCn2c(CNC(=O)c3ccc(Br)cc3)nc3ccccc32)c(C)c1. The summed E-state index contributed by atoms with van der Waals surface area (Å²) in [6, 6.07) is 21.7. The average molecular weight is 506 g/mol. The van der Waals surface area contributed by atoms with Gasteiger partial charge in [-0.25, -0.2) is 4.98 Å². The molecule has 6 heteroatoms. The molecule has 4 aromatic rings. The Morgan fingerprint density at radius 3 is 2.61 bits per heavy atom. The third-order valence-corrected chi connectivity index (χ3v) is 6.14. The van der Waals surface area contributed by atoms with Gasteiger partial charge in [-0.2, -0.15) is 0 Å². The summed E-state index contributed by atoms with van der Waals surface area (Å²) in [4.78, 5) is 17.3. The maximum atomic E-state index is 12.6. The number of rotatable bonds is 9. The first-order valence-electron chi connectivity index (χ1n) is 11.2. The average Bonchev–Trinajstić information content (AvgIpc) is 3.16. The fraction of sp³-hybridized carbons (Fsp3) is 0.259. The topological polar surface area (TPSA) is 56.1 Å². The number of imidazole rings is 1. The van der Waals surface area contributed by atoms with Gasteiger partial charge < -0.3 is 14.6 Å². The van der Waals surface area contributed by atoms with Gasteiger partial charge in [0.15, 0.2) is 0 Å². The molecule has 0 unspecified atom stereocenters. The summed E-state index contributed by atoms with van der Waals surface area (Å²) in [6.07, 6.45) is 1.89.